The predicted octanol–water partition coefficient (Wildman–Crippen LogP) is 5.29. The number of hydrogen-bond acceptors (Lipinski definition) is 3. The van der Waals surface area contributed by atoms with Gasteiger partial charge in [-0.3, -0.25) is 4.68 Å². The number of rotatable bonds is 3. The summed E-state index contributed by atoms with van der Waals surface area (Å²) >= 11 is 0. The lowest BCUT2D eigenvalue weighted by Crippen LogP contribution is -2.25. The molecule has 4 heteroatoms. The molecule has 4 aromatic rings. The molecule has 2 atom stereocenters. The Bertz CT molecular complexity index is 1230. The molecule has 0 amide bonds. The molecule has 1 N–H and O–H groups in total. The van der Waals surface area contributed by atoms with Gasteiger partial charge in [0.05, 0.1) is 29.9 Å². The maximum absolute atomic E-state index is 9.41. The highest BCUT2D eigenvalue weighted by atomic mass is 15.3. The van der Waals surface area contributed by atoms with Crippen molar-refractivity contribution in [1.82, 2.24) is 9.78 Å². The molecular weight excluding hydrogens is 356 g/mol. The molecule has 0 aliphatic carbocycles. The SMILES string of the molecule is CC1CC(c2ccc3cnn(Cc4ccccc4C#N)c3c2)c2ccccc2N1. The fraction of sp³-hybridized carbons (Fsp3) is 0.200. The second-order valence-corrected chi connectivity index (χ2v) is 7.81. The summed E-state index contributed by atoms with van der Waals surface area (Å²) < 4.78 is 2.01. The highest BCUT2D eigenvalue weighted by Gasteiger charge is 2.25. The summed E-state index contributed by atoms with van der Waals surface area (Å²) in [6.07, 6.45) is 2.97. The van der Waals surface area contributed by atoms with Crippen molar-refractivity contribution in [2.45, 2.75) is 31.8 Å². The molecule has 5 rings (SSSR count). The molecule has 0 spiro atoms. The Morgan fingerprint density at radius 2 is 1.93 bits per heavy atom. The summed E-state index contributed by atoms with van der Waals surface area (Å²) in [5, 5.41) is 18.7. The minimum Gasteiger partial charge on any atom is -0.382 e. The normalized spacial score (nSPS) is 18.1. The molecule has 1 aliphatic rings. The summed E-state index contributed by atoms with van der Waals surface area (Å²) in [7, 11) is 0. The van der Waals surface area contributed by atoms with E-state index in [1.54, 1.807) is 0 Å². The van der Waals surface area contributed by atoms with Crippen molar-refractivity contribution in [2.24, 2.45) is 0 Å². The smallest absolute Gasteiger partial charge is 0.0995 e. The van der Waals surface area contributed by atoms with E-state index in [9.17, 15) is 5.26 Å². The minimum absolute atomic E-state index is 0.363. The first-order chi connectivity index (χ1) is 14.2. The van der Waals surface area contributed by atoms with E-state index in [4.69, 9.17) is 0 Å². The van der Waals surface area contributed by atoms with Gasteiger partial charge in [-0.1, -0.05) is 48.5 Å². The monoisotopic (exact) mass is 378 g/mol. The van der Waals surface area contributed by atoms with Gasteiger partial charge in [0.15, 0.2) is 0 Å². The number of nitriles is 1. The van der Waals surface area contributed by atoms with Crippen molar-refractivity contribution in [2.75, 3.05) is 5.32 Å². The molecule has 0 saturated heterocycles. The zero-order valence-corrected chi connectivity index (χ0v) is 16.3. The first kappa shape index (κ1) is 17.5. The summed E-state index contributed by atoms with van der Waals surface area (Å²) in [5.74, 6) is 0.363. The Labute approximate surface area is 170 Å². The average Bonchev–Trinajstić information content (AvgIpc) is 3.15. The molecule has 2 heterocycles. The van der Waals surface area contributed by atoms with Crippen molar-refractivity contribution in [1.29, 1.82) is 5.26 Å². The zero-order valence-electron chi connectivity index (χ0n) is 16.3. The van der Waals surface area contributed by atoms with E-state index in [2.05, 4.69) is 65.9 Å². The first-order valence-corrected chi connectivity index (χ1v) is 10.0. The van der Waals surface area contributed by atoms with Gasteiger partial charge in [-0.2, -0.15) is 10.4 Å². The van der Waals surface area contributed by atoms with Gasteiger partial charge in [0.25, 0.3) is 0 Å². The molecule has 0 bridgehead atoms. The van der Waals surface area contributed by atoms with E-state index >= 15 is 0 Å². The van der Waals surface area contributed by atoms with Gasteiger partial charge in [-0.05, 0) is 48.2 Å². The van der Waals surface area contributed by atoms with Crippen LogP contribution in [0, 0.1) is 11.3 Å². The van der Waals surface area contributed by atoms with Crippen molar-refractivity contribution in [3.63, 3.8) is 0 Å². The number of aromatic nitrogens is 2. The number of fused-ring (bicyclic) bond motifs is 2. The topological polar surface area (TPSA) is 53.6 Å². The van der Waals surface area contributed by atoms with Crippen LogP contribution in [0.25, 0.3) is 10.9 Å². The van der Waals surface area contributed by atoms with Crippen molar-refractivity contribution >= 4 is 16.6 Å². The Hall–Kier alpha value is -3.58. The second-order valence-electron chi connectivity index (χ2n) is 7.81. The Kier molecular flexibility index (Phi) is 4.29. The third kappa shape index (κ3) is 3.15. The Morgan fingerprint density at radius 1 is 1.10 bits per heavy atom. The lowest BCUT2D eigenvalue weighted by Gasteiger charge is -2.31. The molecule has 1 aliphatic heterocycles. The van der Waals surface area contributed by atoms with E-state index in [-0.39, 0.29) is 0 Å². The summed E-state index contributed by atoms with van der Waals surface area (Å²) in [4.78, 5) is 0. The molecule has 0 radical (unpaired) electrons. The van der Waals surface area contributed by atoms with Gasteiger partial charge in [-0.15, -0.1) is 0 Å². The minimum atomic E-state index is 0.363. The van der Waals surface area contributed by atoms with Crippen LogP contribution in [0.5, 0.6) is 0 Å². The number of nitrogens with one attached hydrogen (secondary N) is 1. The lowest BCUT2D eigenvalue weighted by atomic mass is 9.82. The second kappa shape index (κ2) is 7.10. The highest BCUT2D eigenvalue weighted by molar-refractivity contribution is 5.80. The number of nitrogens with zero attached hydrogens (tertiary/aromatic N) is 3. The zero-order chi connectivity index (χ0) is 19.8. The molecule has 0 saturated carbocycles. The average molecular weight is 378 g/mol. The van der Waals surface area contributed by atoms with Crippen molar-refractivity contribution < 1.29 is 0 Å². The number of para-hydroxylation sites is 1. The maximum atomic E-state index is 9.41. The molecule has 3 aromatic carbocycles. The molecular formula is C25H22N4. The van der Waals surface area contributed by atoms with Gasteiger partial charge >= 0.3 is 0 Å². The van der Waals surface area contributed by atoms with Gasteiger partial charge in [0, 0.05) is 23.0 Å². The van der Waals surface area contributed by atoms with Gasteiger partial charge in [-0.25, -0.2) is 0 Å². The first-order valence-electron chi connectivity index (χ1n) is 10.0. The molecule has 29 heavy (non-hydrogen) atoms. The van der Waals surface area contributed by atoms with Crippen molar-refractivity contribution in [3.05, 3.63) is 95.2 Å². The molecule has 142 valence electrons. The van der Waals surface area contributed by atoms with Crippen LogP contribution in [-0.2, 0) is 6.54 Å². The third-order valence-electron chi connectivity index (χ3n) is 5.86. The van der Waals surface area contributed by atoms with E-state index < -0.39 is 0 Å². The Balaban J connectivity index is 1.56. The van der Waals surface area contributed by atoms with Crippen LogP contribution in [0.4, 0.5) is 5.69 Å². The van der Waals surface area contributed by atoms with Gasteiger partial charge in [0.2, 0.25) is 0 Å². The summed E-state index contributed by atoms with van der Waals surface area (Å²) in [6.45, 7) is 2.83. The van der Waals surface area contributed by atoms with Crippen LogP contribution >= 0.6 is 0 Å². The van der Waals surface area contributed by atoms with Crippen LogP contribution in [0.1, 0.15) is 41.5 Å². The van der Waals surface area contributed by atoms with Crippen LogP contribution in [0.15, 0.2) is 72.9 Å². The summed E-state index contributed by atoms with van der Waals surface area (Å²) in [6, 6.07) is 25.7. The van der Waals surface area contributed by atoms with Crippen LogP contribution < -0.4 is 5.32 Å². The fourth-order valence-corrected chi connectivity index (χ4v) is 4.41. The largest absolute Gasteiger partial charge is 0.382 e. The standard InChI is InChI=1S/C25H22N4/c1-17-12-23(22-8-4-5-9-24(22)28-17)18-10-11-20-15-27-29(25(20)13-18)16-21-7-3-2-6-19(21)14-26/h2-11,13,15,17,23,28H,12,16H2,1H3. The fourth-order valence-electron chi connectivity index (χ4n) is 4.41. The van der Waals surface area contributed by atoms with Crippen molar-refractivity contribution in [3.8, 4) is 6.07 Å². The lowest BCUT2D eigenvalue weighted by molar-refractivity contribution is 0.614. The number of benzene rings is 3. The molecule has 4 nitrogen and oxygen atoms in total. The number of anilines is 1. The van der Waals surface area contributed by atoms with E-state index in [1.807, 2.05) is 35.1 Å². The molecule has 1 aromatic heterocycles. The number of hydrogen-bond donors (Lipinski definition) is 1. The van der Waals surface area contributed by atoms with Gasteiger partial charge in [0.1, 0.15) is 0 Å². The van der Waals surface area contributed by atoms with Crippen LogP contribution in [0.2, 0.25) is 0 Å². The van der Waals surface area contributed by atoms with E-state index in [0.717, 1.165) is 22.9 Å². The maximum Gasteiger partial charge on any atom is 0.0995 e. The summed E-state index contributed by atoms with van der Waals surface area (Å²) in [5.41, 5.74) is 6.70. The predicted molar refractivity (Wildman–Crippen MR) is 116 cm³/mol. The van der Waals surface area contributed by atoms with Crippen LogP contribution in [-0.4, -0.2) is 15.8 Å². The van der Waals surface area contributed by atoms with E-state index in [1.165, 1.54) is 16.8 Å². The highest BCUT2D eigenvalue weighted by Crippen LogP contribution is 2.39. The molecule has 0 fully saturated rings. The van der Waals surface area contributed by atoms with Gasteiger partial charge < -0.3 is 5.32 Å². The Morgan fingerprint density at radius 3 is 2.83 bits per heavy atom. The van der Waals surface area contributed by atoms with E-state index in [0.29, 0.717) is 24.1 Å². The molecule has 2 unspecified atom stereocenters. The third-order valence-corrected chi connectivity index (χ3v) is 5.86. The quantitative estimate of drug-likeness (QED) is 0.527. The van der Waals surface area contributed by atoms with Crippen LogP contribution in [0.3, 0.4) is 0 Å².